The van der Waals surface area contributed by atoms with Gasteiger partial charge in [-0.05, 0) is 25.0 Å². The Morgan fingerprint density at radius 2 is 1.57 bits per heavy atom. The minimum atomic E-state index is 0. The molecule has 0 spiro atoms. The maximum Gasteiger partial charge on any atom is 0.191 e. The van der Waals surface area contributed by atoms with Gasteiger partial charge in [0.2, 0.25) is 0 Å². The standard InChI is InChI=1S/C22H37N5O2.HI/c1-22(2,27-10-14-29-15-11-27)18-25-21(23-3)24-16-19-6-4-5-7-20(19)17-26-8-12-28-13-9-26;/h4-7H,8-18H2,1-3H3,(H2,23,24,25);1H. The lowest BCUT2D eigenvalue weighted by atomic mass is 10.0. The van der Waals surface area contributed by atoms with Gasteiger partial charge >= 0.3 is 0 Å². The summed E-state index contributed by atoms with van der Waals surface area (Å²) in [5.74, 6) is 0.840. The van der Waals surface area contributed by atoms with E-state index in [0.29, 0.717) is 0 Å². The van der Waals surface area contributed by atoms with Crippen molar-refractivity contribution in [3.05, 3.63) is 35.4 Å². The fourth-order valence-electron chi connectivity index (χ4n) is 3.86. The molecule has 2 heterocycles. The van der Waals surface area contributed by atoms with Gasteiger partial charge in [0.1, 0.15) is 0 Å². The number of nitrogens with one attached hydrogen (secondary N) is 2. The highest BCUT2D eigenvalue weighted by atomic mass is 127. The maximum atomic E-state index is 5.49. The first-order valence-electron chi connectivity index (χ1n) is 10.7. The summed E-state index contributed by atoms with van der Waals surface area (Å²) in [7, 11) is 1.83. The van der Waals surface area contributed by atoms with Gasteiger partial charge in [0, 0.05) is 58.4 Å². The molecule has 1 aromatic rings. The van der Waals surface area contributed by atoms with Gasteiger partial charge < -0.3 is 20.1 Å². The van der Waals surface area contributed by atoms with Gasteiger partial charge in [0.05, 0.1) is 26.4 Å². The third-order valence-electron chi connectivity index (χ3n) is 5.84. The van der Waals surface area contributed by atoms with Crippen molar-refractivity contribution in [2.24, 2.45) is 4.99 Å². The van der Waals surface area contributed by atoms with E-state index in [1.165, 1.54) is 11.1 Å². The minimum absolute atomic E-state index is 0. The van der Waals surface area contributed by atoms with Crippen LogP contribution in [0, 0.1) is 0 Å². The zero-order valence-corrected chi connectivity index (χ0v) is 21.0. The SMILES string of the molecule is CN=C(NCc1ccccc1CN1CCOCC1)NCC(C)(C)N1CCOCC1.I. The molecule has 2 aliphatic heterocycles. The summed E-state index contributed by atoms with van der Waals surface area (Å²) in [4.78, 5) is 9.36. The van der Waals surface area contributed by atoms with Gasteiger partial charge in [-0.2, -0.15) is 0 Å². The fourth-order valence-corrected chi connectivity index (χ4v) is 3.86. The highest BCUT2D eigenvalue weighted by molar-refractivity contribution is 14.0. The van der Waals surface area contributed by atoms with Crippen LogP contribution < -0.4 is 10.6 Å². The Bertz CT molecular complexity index is 659. The number of hydrogen-bond donors (Lipinski definition) is 2. The summed E-state index contributed by atoms with van der Waals surface area (Å²) in [5, 5.41) is 7.00. The van der Waals surface area contributed by atoms with E-state index in [1.807, 2.05) is 7.05 Å². The molecule has 0 aromatic heterocycles. The number of nitrogens with zero attached hydrogens (tertiary/aromatic N) is 3. The largest absolute Gasteiger partial charge is 0.379 e. The number of morpholine rings is 2. The van der Waals surface area contributed by atoms with E-state index in [2.05, 4.69) is 63.5 Å². The zero-order valence-electron chi connectivity index (χ0n) is 18.7. The van der Waals surface area contributed by atoms with Crippen molar-refractivity contribution in [1.82, 2.24) is 20.4 Å². The van der Waals surface area contributed by atoms with Crippen molar-refractivity contribution in [1.29, 1.82) is 0 Å². The van der Waals surface area contributed by atoms with Crippen LogP contribution in [0.4, 0.5) is 0 Å². The van der Waals surface area contributed by atoms with Gasteiger partial charge in [-0.3, -0.25) is 14.8 Å². The Morgan fingerprint density at radius 3 is 2.20 bits per heavy atom. The molecule has 30 heavy (non-hydrogen) atoms. The smallest absolute Gasteiger partial charge is 0.191 e. The van der Waals surface area contributed by atoms with Crippen molar-refractivity contribution in [2.45, 2.75) is 32.5 Å². The predicted octanol–water partition coefficient (Wildman–Crippen LogP) is 1.91. The first kappa shape index (κ1) is 25.3. The van der Waals surface area contributed by atoms with Gasteiger partial charge in [-0.15, -0.1) is 24.0 Å². The minimum Gasteiger partial charge on any atom is -0.379 e. The van der Waals surface area contributed by atoms with Crippen molar-refractivity contribution >= 4 is 29.9 Å². The monoisotopic (exact) mass is 531 g/mol. The molecule has 170 valence electrons. The summed E-state index contributed by atoms with van der Waals surface area (Å²) in [5.41, 5.74) is 2.73. The zero-order chi connectivity index (χ0) is 20.5. The number of ether oxygens (including phenoxy) is 2. The Morgan fingerprint density at radius 1 is 0.967 bits per heavy atom. The Kier molecular flexibility index (Phi) is 10.8. The molecular formula is C22H38IN5O2. The lowest BCUT2D eigenvalue weighted by Crippen LogP contribution is -2.56. The quantitative estimate of drug-likeness (QED) is 0.319. The summed E-state index contributed by atoms with van der Waals surface area (Å²) in [6.45, 7) is 14.4. The van der Waals surface area contributed by atoms with Crippen LogP contribution in [-0.4, -0.2) is 87.5 Å². The van der Waals surface area contributed by atoms with Crippen LogP contribution in [0.25, 0.3) is 0 Å². The van der Waals surface area contributed by atoms with Crippen LogP contribution in [0.2, 0.25) is 0 Å². The maximum absolute atomic E-state index is 5.49. The summed E-state index contributed by atoms with van der Waals surface area (Å²) in [6, 6.07) is 8.66. The third kappa shape index (κ3) is 7.64. The molecule has 2 N–H and O–H groups in total. The van der Waals surface area contributed by atoms with Crippen LogP contribution in [0.3, 0.4) is 0 Å². The summed E-state index contributed by atoms with van der Waals surface area (Å²) in [6.07, 6.45) is 0. The number of aliphatic imine (C=N–C) groups is 1. The number of rotatable bonds is 7. The topological polar surface area (TPSA) is 61.4 Å². The van der Waals surface area contributed by atoms with E-state index < -0.39 is 0 Å². The molecule has 0 bridgehead atoms. The van der Waals surface area contributed by atoms with Crippen LogP contribution in [0.15, 0.2) is 29.3 Å². The Hall–Kier alpha value is -0.940. The lowest BCUT2D eigenvalue weighted by Gasteiger charge is -2.41. The van der Waals surface area contributed by atoms with Gasteiger partial charge in [0.25, 0.3) is 0 Å². The van der Waals surface area contributed by atoms with Crippen molar-refractivity contribution in [2.75, 3.05) is 66.2 Å². The van der Waals surface area contributed by atoms with Gasteiger partial charge in [-0.25, -0.2) is 0 Å². The molecule has 0 atom stereocenters. The highest BCUT2D eigenvalue weighted by Gasteiger charge is 2.28. The molecule has 0 saturated carbocycles. The molecule has 0 radical (unpaired) electrons. The number of benzene rings is 1. The lowest BCUT2D eigenvalue weighted by molar-refractivity contribution is -0.00834. The number of halogens is 1. The van der Waals surface area contributed by atoms with E-state index in [4.69, 9.17) is 9.47 Å². The van der Waals surface area contributed by atoms with Crippen molar-refractivity contribution in [3.63, 3.8) is 0 Å². The van der Waals surface area contributed by atoms with E-state index in [-0.39, 0.29) is 29.5 Å². The summed E-state index contributed by atoms with van der Waals surface area (Å²) >= 11 is 0. The molecule has 2 saturated heterocycles. The molecule has 7 nitrogen and oxygen atoms in total. The van der Waals surface area contributed by atoms with Gasteiger partial charge in [-0.1, -0.05) is 24.3 Å². The summed E-state index contributed by atoms with van der Waals surface area (Å²) < 4.78 is 11.0. The molecule has 0 amide bonds. The molecular weight excluding hydrogens is 493 g/mol. The van der Waals surface area contributed by atoms with E-state index >= 15 is 0 Å². The molecule has 0 unspecified atom stereocenters. The normalized spacial score (nSPS) is 19.2. The first-order chi connectivity index (χ1) is 14.1. The Labute approximate surface area is 198 Å². The number of guanidine groups is 1. The first-order valence-corrected chi connectivity index (χ1v) is 10.7. The molecule has 1 aromatic carbocycles. The fraction of sp³-hybridized carbons (Fsp3) is 0.682. The average Bonchev–Trinajstić information content (AvgIpc) is 2.76. The van der Waals surface area contributed by atoms with E-state index in [9.17, 15) is 0 Å². The second-order valence-electron chi connectivity index (χ2n) is 8.35. The van der Waals surface area contributed by atoms with Crippen molar-refractivity contribution in [3.8, 4) is 0 Å². The van der Waals surface area contributed by atoms with Crippen LogP contribution in [-0.2, 0) is 22.6 Å². The van der Waals surface area contributed by atoms with Crippen LogP contribution in [0.5, 0.6) is 0 Å². The van der Waals surface area contributed by atoms with Crippen LogP contribution in [0.1, 0.15) is 25.0 Å². The average molecular weight is 531 g/mol. The molecule has 2 fully saturated rings. The van der Waals surface area contributed by atoms with Gasteiger partial charge in [0.15, 0.2) is 5.96 Å². The third-order valence-corrected chi connectivity index (χ3v) is 5.84. The molecule has 0 aliphatic carbocycles. The number of hydrogen-bond acceptors (Lipinski definition) is 5. The van der Waals surface area contributed by atoms with E-state index in [1.54, 1.807) is 0 Å². The second kappa shape index (κ2) is 12.8. The molecule has 2 aliphatic rings. The van der Waals surface area contributed by atoms with Crippen LogP contribution >= 0.6 is 24.0 Å². The van der Waals surface area contributed by atoms with E-state index in [0.717, 1.165) is 78.2 Å². The molecule has 8 heteroatoms. The Balaban J connectivity index is 0.00000320. The van der Waals surface area contributed by atoms with Crippen molar-refractivity contribution < 1.29 is 9.47 Å². The highest BCUT2D eigenvalue weighted by Crippen LogP contribution is 2.15. The molecule has 3 rings (SSSR count). The second-order valence-corrected chi connectivity index (χ2v) is 8.35. The predicted molar refractivity (Wildman–Crippen MR) is 133 cm³/mol.